The van der Waals surface area contributed by atoms with Crippen molar-refractivity contribution in [3.63, 3.8) is 0 Å². The molecule has 196 valence electrons. The third-order valence-corrected chi connectivity index (χ3v) is 11.8. The summed E-state index contributed by atoms with van der Waals surface area (Å²) in [5.41, 5.74) is -2.19. The van der Waals surface area contributed by atoms with Gasteiger partial charge < -0.3 is 5.11 Å². The molecule has 4 unspecified atom stereocenters. The molecule has 1 fully saturated rings. The molecule has 0 aliphatic heterocycles. The highest BCUT2D eigenvalue weighted by molar-refractivity contribution is 9.11. The Morgan fingerprint density at radius 2 is 1.41 bits per heavy atom. The van der Waals surface area contributed by atoms with E-state index in [1.54, 1.807) is 60.0 Å². The molecule has 0 bridgehead atoms. The molecule has 4 atom stereocenters. The molecule has 2 heterocycles. The zero-order chi connectivity index (χ0) is 27.9. The average Bonchev–Trinajstić information content (AvgIpc) is 3.57. The van der Waals surface area contributed by atoms with E-state index in [9.17, 15) is 20.4 Å². The number of carbonyl (C=O) groups is 1. The number of thiophene rings is 2. The van der Waals surface area contributed by atoms with Crippen LogP contribution in [0.2, 0.25) is 10.0 Å². The first-order chi connectivity index (χ1) is 18.7. The maximum atomic E-state index is 14.5. The molecule has 0 amide bonds. The van der Waals surface area contributed by atoms with E-state index >= 15 is 0 Å². The predicted molar refractivity (Wildman–Crippen MR) is 162 cm³/mol. The highest BCUT2D eigenvalue weighted by Gasteiger charge is 2.65. The topological polar surface area (TPSA) is 84.9 Å². The summed E-state index contributed by atoms with van der Waals surface area (Å²) >= 11 is 22.0. The number of hydrogen-bond acceptors (Lipinski definition) is 6. The van der Waals surface area contributed by atoms with Crippen molar-refractivity contribution in [3.8, 4) is 12.1 Å². The Hall–Kier alpha value is -2.01. The third kappa shape index (κ3) is 4.81. The number of halogens is 4. The van der Waals surface area contributed by atoms with Crippen LogP contribution >= 0.6 is 77.7 Å². The largest absolute Gasteiger partial charge is 0.383 e. The van der Waals surface area contributed by atoms with Crippen molar-refractivity contribution in [2.75, 3.05) is 0 Å². The Morgan fingerprint density at radius 3 is 1.90 bits per heavy atom. The van der Waals surface area contributed by atoms with Gasteiger partial charge in [-0.15, -0.1) is 22.7 Å². The first-order valence-electron chi connectivity index (χ1n) is 11.7. The number of carbonyl (C=O) groups excluding carboxylic acids is 1. The Balaban J connectivity index is 1.86. The highest BCUT2D eigenvalue weighted by atomic mass is 79.9. The van der Waals surface area contributed by atoms with E-state index in [4.69, 9.17) is 23.2 Å². The lowest BCUT2D eigenvalue weighted by Gasteiger charge is -2.52. The SMILES string of the molecule is N#CC1(C#N)C(c2ccc(Cl)cc2)CC(O)(c2sccc2Br)C(C(=O)c2sccc2Br)C1c1ccc(Cl)cc1. The second kappa shape index (κ2) is 11.1. The minimum Gasteiger partial charge on any atom is -0.383 e. The fraction of sp³-hybridized carbons (Fsp3) is 0.207. The van der Waals surface area contributed by atoms with E-state index in [1.165, 1.54) is 22.7 Å². The predicted octanol–water partition coefficient (Wildman–Crippen LogP) is 9.33. The minimum atomic E-state index is -1.72. The van der Waals surface area contributed by atoms with Crippen molar-refractivity contribution in [1.29, 1.82) is 10.5 Å². The molecule has 39 heavy (non-hydrogen) atoms. The van der Waals surface area contributed by atoms with Gasteiger partial charge in [0.05, 0.1) is 27.8 Å². The maximum absolute atomic E-state index is 14.5. The molecular weight excluding hydrogens is 703 g/mol. The van der Waals surface area contributed by atoms with Crippen LogP contribution in [0.3, 0.4) is 0 Å². The fourth-order valence-corrected chi connectivity index (χ4v) is 9.36. The number of hydrogen-bond donors (Lipinski definition) is 1. The number of rotatable bonds is 5. The molecule has 1 N–H and O–H groups in total. The molecule has 0 radical (unpaired) electrons. The number of nitrogens with zero attached hydrogens (tertiary/aromatic N) is 2. The summed E-state index contributed by atoms with van der Waals surface area (Å²) in [5, 5.41) is 39.1. The summed E-state index contributed by atoms with van der Waals surface area (Å²) in [5.74, 6) is -3.25. The molecule has 4 aromatic rings. The molecule has 10 heteroatoms. The first kappa shape index (κ1) is 28.5. The second-order valence-electron chi connectivity index (χ2n) is 9.39. The fourth-order valence-electron chi connectivity index (χ4n) is 5.69. The first-order valence-corrected chi connectivity index (χ1v) is 15.8. The van der Waals surface area contributed by atoms with E-state index in [0.717, 1.165) is 0 Å². The normalized spacial score (nSPS) is 24.0. The van der Waals surface area contributed by atoms with Gasteiger partial charge in [-0.1, -0.05) is 47.5 Å². The number of aliphatic hydroxyl groups is 1. The number of benzene rings is 2. The van der Waals surface area contributed by atoms with Crippen LogP contribution in [0.5, 0.6) is 0 Å². The molecule has 0 saturated heterocycles. The Kier molecular flexibility index (Phi) is 8.12. The molecule has 2 aromatic heterocycles. The average molecular weight is 721 g/mol. The van der Waals surface area contributed by atoms with Crippen molar-refractivity contribution >= 4 is 83.5 Å². The summed E-state index contributed by atoms with van der Waals surface area (Å²) in [6.45, 7) is 0. The van der Waals surface area contributed by atoms with E-state index in [1.807, 2.05) is 11.4 Å². The van der Waals surface area contributed by atoms with Gasteiger partial charge in [-0.3, -0.25) is 4.79 Å². The van der Waals surface area contributed by atoms with Crippen LogP contribution in [0.25, 0.3) is 0 Å². The Labute approximate surface area is 260 Å². The Morgan fingerprint density at radius 1 is 0.872 bits per heavy atom. The van der Waals surface area contributed by atoms with Crippen molar-refractivity contribution in [2.45, 2.75) is 23.9 Å². The molecule has 1 aliphatic carbocycles. The zero-order valence-electron chi connectivity index (χ0n) is 19.9. The molecule has 2 aromatic carbocycles. The monoisotopic (exact) mass is 718 g/mol. The molecule has 0 spiro atoms. The van der Waals surface area contributed by atoms with Gasteiger partial charge in [0.25, 0.3) is 0 Å². The number of ketones is 1. The van der Waals surface area contributed by atoms with Crippen LogP contribution in [-0.4, -0.2) is 10.9 Å². The molecule has 4 nitrogen and oxygen atoms in total. The van der Waals surface area contributed by atoms with Gasteiger partial charge in [0, 0.05) is 30.8 Å². The van der Waals surface area contributed by atoms with Crippen molar-refractivity contribution in [3.05, 3.63) is 111 Å². The van der Waals surface area contributed by atoms with Gasteiger partial charge in [-0.2, -0.15) is 10.5 Å². The van der Waals surface area contributed by atoms with Crippen molar-refractivity contribution < 1.29 is 9.90 Å². The lowest BCUT2D eigenvalue weighted by Crippen LogP contribution is -2.55. The van der Waals surface area contributed by atoms with E-state index < -0.39 is 28.8 Å². The van der Waals surface area contributed by atoms with Gasteiger partial charge >= 0.3 is 0 Å². The highest BCUT2D eigenvalue weighted by Crippen LogP contribution is 2.64. The quantitative estimate of drug-likeness (QED) is 0.208. The standard InChI is InChI=1S/C29H18Br2Cl2N2O2S2/c30-21-9-11-38-26(21)25(36)24-23(17-3-7-19(33)8-4-17)28(14-34,15-35)20(16-1-5-18(32)6-2-16)13-29(24,37)27-22(31)10-12-39-27/h1-12,20,23-24,37H,13H2. The van der Waals surface area contributed by atoms with E-state index in [2.05, 4.69) is 44.0 Å². The van der Waals surface area contributed by atoms with Crippen LogP contribution in [0, 0.1) is 34.0 Å². The summed E-state index contributed by atoms with van der Waals surface area (Å²) in [6, 6.07) is 22.0. The van der Waals surface area contributed by atoms with Crippen molar-refractivity contribution in [1.82, 2.24) is 0 Å². The number of nitriles is 2. The Bertz CT molecular complexity index is 1610. The lowest BCUT2D eigenvalue weighted by molar-refractivity contribution is -0.0761. The molecule has 1 saturated carbocycles. The van der Waals surface area contributed by atoms with Gasteiger partial charge in [-0.05, 0) is 96.6 Å². The van der Waals surface area contributed by atoms with E-state index in [-0.39, 0.29) is 12.2 Å². The summed E-state index contributed by atoms with van der Waals surface area (Å²) in [7, 11) is 0. The van der Waals surface area contributed by atoms with Gasteiger partial charge in [-0.25, -0.2) is 0 Å². The molecular formula is C29H18Br2Cl2N2O2S2. The van der Waals surface area contributed by atoms with Gasteiger partial charge in [0.1, 0.15) is 5.60 Å². The number of Topliss-reactive ketones (excluding diaryl/α,β-unsaturated/α-hetero) is 1. The van der Waals surface area contributed by atoms with Gasteiger partial charge in [0.15, 0.2) is 11.2 Å². The van der Waals surface area contributed by atoms with Gasteiger partial charge in [0.2, 0.25) is 0 Å². The van der Waals surface area contributed by atoms with Crippen molar-refractivity contribution in [2.24, 2.45) is 11.3 Å². The van der Waals surface area contributed by atoms with Crippen LogP contribution in [0.1, 0.15) is 43.9 Å². The molecule has 5 rings (SSSR count). The summed E-state index contributed by atoms with van der Waals surface area (Å²) < 4.78 is 1.25. The second-order valence-corrected chi connectivity index (χ2v) is 13.8. The maximum Gasteiger partial charge on any atom is 0.180 e. The van der Waals surface area contributed by atoms with Crippen LogP contribution in [0.4, 0.5) is 0 Å². The summed E-state index contributed by atoms with van der Waals surface area (Å²) in [4.78, 5) is 15.5. The summed E-state index contributed by atoms with van der Waals surface area (Å²) in [6.07, 6.45) is -0.0294. The lowest BCUT2D eigenvalue weighted by atomic mass is 9.49. The molecule has 1 aliphatic rings. The van der Waals surface area contributed by atoms with Crippen LogP contribution in [0.15, 0.2) is 80.4 Å². The third-order valence-electron chi connectivity index (χ3n) is 7.41. The zero-order valence-corrected chi connectivity index (χ0v) is 26.3. The minimum absolute atomic E-state index is 0.0294. The van der Waals surface area contributed by atoms with E-state index in [0.29, 0.717) is 39.9 Å². The van der Waals surface area contributed by atoms with Crippen LogP contribution < -0.4 is 0 Å². The van der Waals surface area contributed by atoms with Crippen LogP contribution in [-0.2, 0) is 5.60 Å². The smallest absolute Gasteiger partial charge is 0.180 e.